The van der Waals surface area contributed by atoms with Crippen molar-refractivity contribution < 1.29 is 14.0 Å². The summed E-state index contributed by atoms with van der Waals surface area (Å²) >= 11 is 3.45. The van der Waals surface area contributed by atoms with Crippen molar-refractivity contribution in [2.24, 2.45) is 5.92 Å². The van der Waals surface area contributed by atoms with Gasteiger partial charge in [-0.1, -0.05) is 28.1 Å². The van der Waals surface area contributed by atoms with Crippen LogP contribution >= 0.6 is 15.9 Å². The van der Waals surface area contributed by atoms with Crippen molar-refractivity contribution in [3.63, 3.8) is 0 Å². The molecule has 3 aliphatic heterocycles. The average molecular weight is 430 g/mol. The van der Waals surface area contributed by atoms with E-state index >= 15 is 0 Å². The summed E-state index contributed by atoms with van der Waals surface area (Å²) in [4.78, 5) is 27.7. The Labute approximate surface area is 164 Å². The number of fused-ring (bicyclic) bond motifs is 3. The van der Waals surface area contributed by atoms with Crippen LogP contribution in [0.3, 0.4) is 0 Å². The van der Waals surface area contributed by atoms with E-state index in [2.05, 4.69) is 25.9 Å². The number of imide groups is 1. The molecule has 3 saturated heterocycles. The maximum atomic E-state index is 13.3. The summed E-state index contributed by atoms with van der Waals surface area (Å²) in [5.74, 6) is -1.28. The zero-order valence-corrected chi connectivity index (χ0v) is 16.0. The highest BCUT2D eigenvalue weighted by molar-refractivity contribution is 9.10. The number of hydrogen-bond acceptors (Lipinski definition) is 4. The van der Waals surface area contributed by atoms with Crippen LogP contribution in [-0.2, 0) is 9.59 Å². The van der Waals surface area contributed by atoms with Gasteiger partial charge in [-0.15, -0.1) is 0 Å². The Hall–Kier alpha value is -2.09. The first-order chi connectivity index (χ1) is 13.1. The molecule has 0 saturated carbocycles. The second-order valence-corrected chi connectivity index (χ2v) is 8.05. The molecule has 3 atom stereocenters. The number of benzene rings is 2. The molecule has 2 aromatic carbocycles. The maximum Gasteiger partial charge on any atom is 0.253 e. The summed E-state index contributed by atoms with van der Waals surface area (Å²) in [5.41, 5.74) is 1.46. The molecule has 2 aromatic rings. The van der Waals surface area contributed by atoms with E-state index in [1.54, 1.807) is 0 Å². The van der Waals surface area contributed by atoms with Gasteiger partial charge in [-0.3, -0.25) is 9.59 Å². The van der Waals surface area contributed by atoms with Crippen molar-refractivity contribution in [1.29, 1.82) is 0 Å². The van der Waals surface area contributed by atoms with Gasteiger partial charge < -0.3 is 0 Å². The zero-order valence-electron chi connectivity index (χ0n) is 14.4. The van der Waals surface area contributed by atoms with Gasteiger partial charge in [0.15, 0.2) is 0 Å². The number of halogens is 2. The standard InChI is InChI=1S/C20H17BrFN3O2/c21-13-4-2-12(3-5-13)17-16-18(24-11-1-10-23(17)24)20(27)25(19(16)26)15-8-6-14(22)7-9-15/h2-9,16-18H,1,10-11H2/t16-,17-,18+/m1/s1. The van der Waals surface area contributed by atoms with Crippen LogP contribution in [0.2, 0.25) is 0 Å². The van der Waals surface area contributed by atoms with Gasteiger partial charge in [-0.2, -0.15) is 0 Å². The lowest BCUT2D eigenvalue weighted by Gasteiger charge is -2.29. The number of rotatable bonds is 2. The van der Waals surface area contributed by atoms with Gasteiger partial charge in [0, 0.05) is 17.6 Å². The zero-order chi connectivity index (χ0) is 18.7. The van der Waals surface area contributed by atoms with E-state index in [0.29, 0.717) is 5.69 Å². The molecule has 7 heteroatoms. The fraction of sp³-hybridized carbons (Fsp3) is 0.300. The Bertz CT molecular complexity index is 918. The lowest BCUT2D eigenvalue weighted by molar-refractivity contribution is -0.126. The first-order valence-corrected chi connectivity index (χ1v) is 9.77. The summed E-state index contributed by atoms with van der Waals surface area (Å²) in [6.07, 6.45) is 0.967. The van der Waals surface area contributed by atoms with Crippen LogP contribution < -0.4 is 4.90 Å². The molecule has 3 heterocycles. The minimum atomic E-state index is -0.487. The molecular weight excluding hydrogens is 413 g/mol. The minimum Gasteiger partial charge on any atom is -0.274 e. The summed E-state index contributed by atoms with van der Waals surface area (Å²) in [6, 6.07) is 12.8. The second-order valence-electron chi connectivity index (χ2n) is 7.14. The normalized spacial score (nSPS) is 28.1. The van der Waals surface area contributed by atoms with Crippen LogP contribution in [0, 0.1) is 11.7 Å². The molecule has 0 N–H and O–H groups in total. The Kier molecular flexibility index (Phi) is 3.93. The van der Waals surface area contributed by atoms with Gasteiger partial charge >= 0.3 is 0 Å². The number of carbonyl (C=O) groups is 2. The van der Waals surface area contributed by atoms with Crippen molar-refractivity contribution in [3.05, 3.63) is 64.4 Å². The molecule has 2 amide bonds. The first kappa shape index (κ1) is 17.0. The van der Waals surface area contributed by atoms with Gasteiger partial charge in [0.1, 0.15) is 11.9 Å². The minimum absolute atomic E-state index is 0.160. The molecule has 5 nitrogen and oxygen atoms in total. The van der Waals surface area contributed by atoms with E-state index in [1.165, 1.54) is 29.2 Å². The molecule has 27 heavy (non-hydrogen) atoms. The smallest absolute Gasteiger partial charge is 0.253 e. The van der Waals surface area contributed by atoms with Gasteiger partial charge in [0.25, 0.3) is 5.91 Å². The van der Waals surface area contributed by atoms with E-state index in [9.17, 15) is 14.0 Å². The van der Waals surface area contributed by atoms with Crippen LogP contribution in [0.25, 0.3) is 0 Å². The van der Waals surface area contributed by atoms with E-state index in [1.807, 2.05) is 24.3 Å². The molecule has 0 radical (unpaired) electrons. The fourth-order valence-corrected chi connectivity index (χ4v) is 4.88. The quantitative estimate of drug-likeness (QED) is 0.687. The predicted molar refractivity (Wildman–Crippen MR) is 101 cm³/mol. The van der Waals surface area contributed by atoms with E-state index in [-0.39, 0.29) is 17.9 Å². The van der Waals surface area contributed by atoms with Crippen LogP contribution in [0.5, 0.6) is 0 Å². The largest absolute Gasteiger partial charge is 0.274 e. The number of hydrazine groups is 1. The van der Waals surface area contributed by atoms with E-state index in [4.69, 9.17) is 0 Å². The third-order valence-corrected chi connectivity index (χ3v) is 6.23. The molecule has 0 aliphatic carbocycles. The summed E-state index contributed by atoms with van der Waals surface area (Å²) < 4.78 is 14.3. The van der Waals surface area contributed by atoms with Crippen molar-refractivity contribution in [1.82, 2.24) is 10.0 Å². The van der Waals surface area contributed by atoms with Crippen LogP contribution in [0.15, 0.2) is 53.0 Å². The van der Waals surface area contributed by atoms with E-state index in [0.717, 1.165) is 29.5 Å². The summed E-state index contributed by atoms with van der Waals surface area (Å²) in [7, 11) is 0. The van der Waals surface area contributed by atoms with Crippen LogP contribution in [0.1, 0.15) is 18.0 Å². The number of anilines is 1. The monoisotopic (exact) mass is 429 g/mol. The molecular formula is C20H17BrFN3O2. The summed E-state index contributed by atoms with van der Waals surface area (Å²) in [5, 5.41) is 4.23. The highest BCUT2D eigenvalue weighted by Gasteiger charge is 2.62. The molecule has 0 spiro atoms. The fourth-order valence-electron chi connectivity index (χ4n) is 4.62. The number of hydrogen-bond donors (Lipinski definition) is 0. The third-order valence-electron chi connectivity index (χ3n) is 5.70. The lowest BCUT2D eigenvalue weighted by atomic mass is 9.90. The van der Waals surface area contributed by atoms with E-state index < -0.39 is 17.8 Å². The molecule has 0 bridgehead atoms. The molecule has 138 valence electrons. The second kappa shape index (κ2) is 6.22. The van der Waals surface area contributed by atoms with Crippen molar-refractivity contribution in [3.8, 4) is 0 Å². The molecule has 3 aliphatic rings. The van der Waals surface area contributed by atoms with Crippen molar-refractivity contribution in [2.75, 3.05) is 18.0 Å². The number of amides is 2. The molecule has 0 unspecified atom stereocenters. The average Bonchev–Trinajstić information content (AvgIpc) is 3.30. The summed E-state index contributed by atoms with van der Waals surface area (Å²) in [6.45, 7) is 1.61. The van der Waals surface area contributed by atoms with Gasteiger partial charge in [-0.25, -0.2) is 19.3 Å². The highest BCUT2D eigenvalue weighted by atomic mass is 79.9. The van der Waals surface area contributed by atoms with Crippen LogP contribution in [-0.4, -0.2) is 41.0 Å². The van der Waals surface area contributed by atoms with Gasteiger partial charge in [-0.05, 0) is 48.4 Å². The Morgan fingerprint density at radius 1 is 0.852 bits per heavy atom. The molecule has 0 aromatic heterocycles. The van der Waals surface area contributed by atoms with Crippen LogP contribution in [0.4, 0.5) is 10.1 Å². The topological polar surface area (TPSA) is 43.9 Å². The Balaban J connectivity index is 1.57. The van der Waals surface area contributed by atoms with Gasteiger partial charge in [0.05, 0.1) is 17.6 Å². The lowest BCUT2D eigenvalue weighted by Crippen LogP contribution is -2.44. The maximum absolute atomic E-state index is 13.3. The molecule has 5 rings (SSSR count). The van der Waals surface area contributed by atoms with Gasteiger partial charge in [0.2, 0.25) is 5.91 Å². The Morgan fingerprint density at radius 3 is 2.15 bits per heavy atom. The first-order valence-electron chi connectivity index (χ1n) is 8.98. The Morgan fingerprint density at radius 2 is 1.48 bits per heavy atom. The molecule has 3 fully saturated rings. The predicted octanol–water partition coefficient (Wildman–Crippen LogP) is 3.12. The van der Waals surface area contributed by atoms with Crippen molar-refractivity contribution >= 4 is 33.4 Å². The number of nitrogens with zero attached hydrogens (tertiary/aromatic N) is 3. The number of carbonyl (C=O) groups excluding carboxylic acids is 2. The highest BCUT2D eigenvalue weighted by Crippen LogP contribution is 2.48. The third kappa shape index (κ3) is 2.49. The van der Waals surface area contributed by atoms with Crippen molar-refractivity contribution in [2.45, 2.75) is 18.5 Å². The SMILES string of the molecule is O=C1[C@H]2[C@@H](C(=O)N1c1ccc(F)cc1)N1CCCN1[C@@H]2c1ccc(Br)cc1.